The fraction of sp³-hybridized carbons (Fsp3) is 0.829. The zero-order chi connectivity index (χ0) is 67.4. The van der Waals surface area contributed by atoms with Gasteiger partial charge in [-0.2, -0.15) is 0 Å². The summed E-state index contributed by atoms with van der Waals surface area (Å²) in [6.45, 7) is 5.73. The molecular formula is C82H149NO10. The molecule has 8 unspecified atom stereocenters. The lowest BCUT2D eigenvalue weighted by atomic mass is 9.99. The number of hydrogen-bond acceptors (Lipinski definition) is 10. The van der Waals surface area contributed by atoms with Gasteiger partial charge in [0, 0.05) is 6.42 Å². The van der Waals surface area contributed by atoms with Crippen LogP contribution in [0.15, 0.2) is 72.9 Å². The maximum absolute atomic E-state index is 13.5. The van der Waals surface area contributed by atoms with Gasteiger partial charge in [0.1, 0.15) is 24.4 Å². The van der Waals surface area contributed by atoms with Gasteiger partial charge in [-0.05, 0) is 70.6 Å². The molecule has 11 heteroatoms. The minimum atomic E-state index is -1.62. The van der Waals surface area contributed by atoms with E-state index in [0.29, 0.717) is 19.3 Å². The topological polar surface area (TPSA) is 175 Å². The third-order valence-electron chi connectivity index (χ3n) is 18.6. The summed E-state index contributed by atoms with van der Waals surface area (Å²) in [5.74, 6) is -1.18. The molecule has 0 spiro atoms. The second-order valence-corrected chi connectivity index (χ2v) is 27.4. The predicted molar refractivity (Wildman–Crippen MR) is 393 cm³/mol. The number of carbonyl (C=O) groups is 2. The number of aliphatic hydroxyl groups is 5. The number of hydrogen-bond donors (Lipinski definition) is 6. The lowest BCUT2D eigenvalue weighted by molar-refractivity contribution is -0.305. The highest BCUT2D eigenvalue weighted by atomic mass is 16.7. The summed E-state index contributed by atoms with van der Waals surface area (Å²) >= 11 is 0. The van der Waals surface area contributed by atoms with Crippen LogP contribution in [0.2, 0.25) is 0 Å². The molecule has 1 rings (SSSR count). The lowest BCUT2D eigenvalue weighted by Crippen LogP contribution is -2.61. The first-order valence-electron chi connectivity index (χ1n) is 39.7. The van der Waals surface area contributed by atoms with E-state index >= 15 is 0 Å². The molecule has 0 radical (unpaired) electrons. The van der Waals surface area contributed by atoms with Crippen LogP contribution in [-0.4, -0.2) is 99.6 Å². The number of esters is 1. The normalized spacial score (nSPS) is 18.2. The molecule has 0 aliphatic carbocycles. The average molecular weight is 1310 g/mol. The average Bonchev–Trinajstić information content (AvgIpc) is 0.842. The Kier molecular flexibility index (Phi) is 65.4. The first-order chi connectivity index (χ1) is 45.7. The van der Waals surface area contributed by atoms with Crippen LogP contribution in [0.25, 0.3) is 0 Å². The van der Waals surface area contributed by atoms with E-state index < -0.39 is 67.4 Å². The largest absolute Gasteiger partial charge is 0.454 e. The van der Waals surface area contributed by atoms with E-state index in [-0.39, 0.29) is 13.0 Å². The molecule has 1 fully saturated rings. The zero-order valence-electron chi connectivity index (χ0n) is 60.6. The number of allylic oxidation sites excluding steroid dienone is 11. The van der Waals surface area contributed by atoms with Crippen molar-refractivity contribution in [1.82, 2.24) is 5.32 Å². The summed E-state index contributed by atoms with van der Waals surface area (Å²) in [7, 11) is 0. The molecule has 8 atom stereocenters. The van der Waals surface area contributed by atoms with Crippen LogP contribution in [0.3, 0.4) is 0 Å². The van der Waals surface area contributed by atoms with Crippen molar-refractivity contribution in [2.45, 2.75) is 423 Å². The van der Waals surface area contributed by atoms with Crippen molar-refractivity contribution in [2.24, 2.45) is 0 Å². The number of ether oxygens (including phenoxy) is 3. The first-order valence-corrected chi connectivity index (χ1v) is 39.7. The van der Waals surface area contributed by atoms with Crippen LogP contribution >= 0.6 is 0 Å². The van der Waals surface area contributed by atoms with Gasteiger partial charge in [-0.1, -0.05) is 370 Å². The van der Waals surface area contributed by atoms with E-state index in [0.717, 1.165) is 96.3 Å². The summed E-state index contributed by atoms with van der Waals surface area (Å²) in [6.07, 6.45) is 81.1. The Morgan fingerprint density at radius 1 is 0.430 bits per heavy atom. The van der Waals surface area contributed by atoms with E-state index in [1.54, 1.807) is 6.08 Å². The SMILES string of the molecule is CC/C=C\C/C=C\C/C=C\C/C=C\C/C=C\CCCCCCCCCCCCCC(=O)OC1C(OCC(NC(=O)C(O)CCCCCCCCCCCCCCCCCCCCCCCCCCCC)C(O)/C=C/CCCCCCCCCCC)OC(CO)C(O)C1O. The second-order valence-electron chi connectivity index (χ2n) is 27.4. The van der Waals surface area contributed by atoms with Crippen molar-refractivity contribution in [3.63, 3.8) is 0 Å². The molecule has 1 amide bonds. The molecule has 0 aromatic heterocycles. The number of amides is 1. The van der Waals surface area contributed by atoms with E-state index in [4.69, 9.17) is 14.2 Å². The van der Waals surface area contributed by atoms with Gasteiger partial charge < -0.3 is 45.1 Å². The van der Waals surface area contributed by atoms with Gasteiger partial charge in [0.25, 0.3) is 0 Å². The summed E-state index contributed by atoms with van der Waals surface area (Å²) in [5.41, 5.74) is 0. The van der Waals surface area contributed by atoms with Crippen LogP contribution in [0.1, 0.15) is 374 Å². The highest BCUT2D eigenvalue weighted by Crippen LogP contribution is 2.27. The van der Waals surface area contributed by atoms with Crippen LogP contribution in [0.5, 0.6) is 0 Å². The third-order valence-corrected chi connectivity index (χ3v) is 18.6. The number of rotatable bonds is 69. The van der Waals surface area contributed by atoms with Crippen molar-refractivity contribution in [1.29, 1.82) is 0 Å². The Hall–Kier alpha value is -2.90. The van der Waals surface area contributed by atoms with Crippen molar-refractivity contribution in [3.05, 3.63) is 72.9 Å². The van der Waals surface area contributed by atoms with Crippen molar-refractivity contribution in [3.8, 4) is 0 Å². The number of aliphatic hydroxyl groups excluding tert-OH is 5. The molecule has 542 valence electrons. The number of unbranched alkanes of at least 4 members (excludes halogenated alkanes) is 45. The van der Waals surface area contributed by atoms with Crippen LogP contribution in [-0.2, 0) is 23.8 Å². The molecule has 93 heavy (non-hydrogen) atoms. The Morgan fingerprint density at radius 3 is 1.16 bits per heavy atom. The highest BCUT2D eigenvalue weighted by molar-refractivity contribution is 5.80. The number of carbonyl (C=O) groups excluding carboxylic acids is 2. The molecule has 1 aliphatic rings. The molecule has 0 aromatic carbocycles. The van der Waals surface area contributed by atoms with Gasteiger partial charge in [-0.25, -0.2) is 0 Å². The molecule has 1 heterocycles. The summed E-state index contributed by atoms with van der Waals surface area (Å²) in [5, 5.41) is 57.4. The van der Waals surface area contributed by atoms with Gasteiger partial charge in [0.15, 0.2) is 12.4 Å². The lowest BCUT2D eigenvalue weighted by Gasteiger charge is -2.41. The summed E-state index contributed by atoms with van der Waals surface area (Å²) < 4.78 is 17.7. The van der Waals surface area contributed by atoms with Gasteiger partial charge in [0.2, 0.25) is 5.91 Å². The van der Waals surface area contributed by atoms with Crippen LogP contribution < -0.4 is 5.32 Å². The standard InChI is InChI=1S/C82H149NO10/c1-4-7-10-13-16-19-22-24-26-28-30-32-34-36-38-40-42-44-46-48-50-52-55-58-61-64-67-70-77(87)93-80-79(89)78(88)76(71-84)92-82(80)91-72-73(74(85)68-65-62-59-56-53-21-18-15-12-9-6-3)83-81(90)75(86)69-66-63-60-57-54-51-49-47-45-43-41-39-37-35-33-31-29-27-25-23-20-17-14-11-8-5-2/h7,10,16,19,24,26,30,32,36,38,65,68,73-76,78-80,82,84-86,88-89H,4-6,8-9,11-15,17-18,20-23,25,27-29,31,33-35,37,39-64,66-67,69-72H2,1-3H3,(H,83,90)/b10-7-,19-16-,26-24-,32-30-,38-36-,68-65+. The van der Waals surface area contributed by atoms with Gasteiger partial charge >= 0.3 is 5.97 Å². The third kappa shape index (κ3) is 55.8. The van der Waals surface area contributed by atoms with Crippen LogP contribution in [0, 0.1) is 0 Å². The molecule has 6 N–H and O–H groups in total. The minimum absolute atomic E-state index is 0.119. The fourth-order valence-corrected chi connectivity index (χ4v) is 12.4. The van der Waals surface area contributed by atoms with Crippen molar-refractivity contribution in [2.75, 3.05) is 13.2 Å². The molecule has 11 nitrogen and oxygen atoms in total. The Bertz CT molecular complexity index is 1800. The smallest absolute Gasteiger partial charge is 0.306 e. The first kappa shape index (κ1) is 88.1. The predicted octanol–water partition coefficient (Wildman–Crippen LogP) is 21.4. The maximum Gasteiger partial charge on any atom is 0.306 e. The Morgan fingerprint density at radius 2 is 0.774 bits per heavy atom. The molecule has 0 bridgehead atoms. The van der Waals surface area contributed by atoms with Crippen molar-refractivity contribution >= 4 is 11.9 Å². The van der Waals surface area contributed by atoms with E-state index in [1.807, 2.05) is 6.08 Å². The van der Waals surface area contributed by atoms with E-state index in [9.17, 15) is 35.1 Å². The van der Waals surface area contributed by atoms with Gasteiger partial charge in [-0.15, -0.1) is 0 Å². The Labute approximate surface area is 572 Å². The fourth-order valence-electron chi connectivity index (χ4n) is 12.4. The summed E-state index contributed by atoms with van der Waals surface area (Å²) in [4.78, 5) is 26.8. The second kappa shape index (κ2) is 69.0. The molecule has 0 aromatic rings. The van der Waals surface area contributed by atoms with Crippen molar-refractivity contribution < 1.29 is 49.3 Å². The van der Waals surface area contributed by atoms with E-state index in [2.05, 4.69) is 86.8 Å². The monoisotopic (exact) mass is 1310 g/mol. The van der Waals surface area contributed by atoms with Gasteiger partial charge in [-0.3, -0.25) is 9.59 Å². The molecule has 0 saturated carbocycles. The van der Waals surface area contributed by atoms with E-state index in [1.165, 1.54) is 231 Å². The number of nitrogens with one attached hydrogen (secondary N) is 1. The zero-order valence-corrected chi connectivity index (χ0v) is 60.6. The Balaban J connectivity index is 2.47. The van der Waals surface area contributed by atoms with Gasteiger partial charge in [0.05, 0.1) is 25.4 Å². The molecular weight excluding hydrogens is 1160 g/mol. The molecule has 1 aliphatic heterocycles. The highest BCUT2D eigenvalue weighted by Gasteiger charge is 2.47. The maximum atomic E-state index is 13.5. The summed E-state index contributed by atoms with van der Waals surface area (Å²) in [6, 6.07) is -1.03. The van der Waals surface area contributed by atoms with Crippen LogP contribution in [0.4, 0.5) is 0 Å². The molecule has 1 saturated heterocycles. The quantitative estimate of drug-likeness (QED) is 0.0195. The minimum Gasteiger partial charge on any atom is -0.454 e.